The Morgan fingerprint density at radius 2 is 2.00 bits per heavy atom. The number of aromatic nitrogens is 2. The zero-order valence-corrected chi connectivity index (χ0v) is 16.3. The SMILES string of the molecule is N#CC1=C(N)Oc2n[nH]c(-c3ccc(F)cc3)c2C12C(=O)N(CC(=O)[O-])c1ccccc12. The van der Waals surface area contributed by atoms with Crippen LogP contribution in [0, 0.1) is 17.1 Å². The molecule has 2 aliphatic rings. The van der Waals surface area contributed by atoms with Crippen molar-refractivity contribution in [2.24, 2.45) is 5.73 Å². The largest absolute Gasteiger partial charge is 0.548 e. The lowest BCUT2D eigenvalue weighted by molar-refractivity contribution is -0.303. The first-order valence-corrected chi connectivity index (χ1v) is 9.43. The standard InChI is InChI=1S/C22H14FN5O4/c23-12-7-5-11(6-8-12)18-17-20(27-26-18)32-19(25)14(9-24)22(17)13-3-1-2-4-15(13)28(21(22)31)10-16(29)30/h1-8H,10,25H2,(H,26,27)(H,29,30)/p-1. The van der Waals surface area contributed by atoms with Crippen LogP contribution in [0.2, 0.25) is 0 Å². The minimum absolute atomic E-state index is 0.0423. The van der Waals surface area contributed by atoms with Crippen molar-refractivity contribution < 1.29 is 23.8 Å². The van der Waals surface area contributed by atoms with Gasteiger partial charge in [0, 0.05) is 16.8 Å². The molecule has 1 spiro atoms. The van der Waals surface area contributed by atoms with E-state index < -0.39 is 29.7 Å². The molecule has 32 heavy (non-hydrogen) atoms. The number of amides is 1. The average Bonchev–Trinajstić information content (AvgIpc) is 3.29. The number of nitrogens with one attached hydrogen (secondary N) is 1. The zero-order valence-electron chi connectivity index (χ0n) is 16.3. The van der Waals surface area contributed by atoms with E-state index in [4.69, 9.17) is 10.5 Å². The molecular formula is C22H13FN5O4-. The van der Waals surface area contributed by atoms with E-state index >= 15 is 0 Å². The number of H-pyrrole nitrogens is 1. The summed E-state index contributed by atoms with van der Waals surface area (Å²) in [6.45, 7) is -0.726. The highest BCUT2D eigenvalue weighted by Gasteiger charge is 2.61. The zero-order chi connectivity index (χ0) is 22.6. The minimum atomic E-state index is -1.81. The van der Waals surface area contributed by atoms with Gasteiger partial charge in [-0.25, -0.2) is 4.39 Å². The summed E-state index contributed by atoms with van der Waals surface area (Å²) in [5.74, 6) is -3.01. The summed E-state index contributed by atoms with van der Waals surface area (Å²) in [6, 6.07) is 13.9. The van der Waals surface area contributed by atoms with E-state index in [0.29, 0.717) is 22.5 Å². The number of benzene rings is 2. The number of carbonyl (C=O) groups excluding carboxylic acids is 2. The molecule has 0 aliphatic carbocycles. The molecule has 0 radical (unpaired) electrons. The van der Waals surface area contributed by atoms with Crippen LogP contribution in [0.4, 0.5) is 10.1 Å². The number of hydrogen-bond donors (Lipinski definition) is 2. The number of fused-ring (bicyclic) bond motifs is 4. The molecule has 9 nitrogen and oxygen atoms in total. The number of anilines is 1. The summed E-state index contributed by atoms with van der Waals surface area (Å²) < 4.78 is 19.1. The molecule has 3 aromatic rings. The molecule has 1 amide bonds. The van der Waals surface area contributed by atoms with Crippen molar-refractivity contribution >= 4 is 17.6 Å². The van der Waals surface area contributed by atoms with Gasteiger partial charge in [-0.15, -0.1) is 5.10 Å². The molecular weight excluding hydrogens is 417 g/mol. The number of hydrogen-bond acceptors (Lipinski definition) is 7. The molecule has 0 bridgehead atoms. The molecule has 158 valence electrons. The molecule has 5 rings (SSSR count). The maximum absolute atomic E-state index is 13.9. The third kappa shape index (κ3) is 2.39. The van der Waals surface area contributed by atoms with Crippen molar-refractivity contribution in [3.05, 3.63) is 76.9 Å². The van der Waals surface area contributed by atoms with Gasteiger partial charge in [0.25, 0.3) is 0 Å². The number of ether oxygens (including phenoxy) is 1. The first-order chi connectivity index (χ1) is 15.4. The molecule has 2 aliphatic heterocycles. The van der Waals surface area contributed by atoms with Gasteiger partial charge in [0.1, 0.15) is 22.9 Å². The molecule has 0 saturated heterocycles. The lowest BCUT2D eigenvalue weighted by atomic mass is 9.68. The number of carbonyl (C=O) groups is 2. The van der Waals surface area contributed by atoms with Gasteiger partial charge in [0.05, 0.1) is 23.8 Å². The lowest BCUT2D eigenvalue weighted by Crippen LogP contribution is -2.48. The van der Waals surface area contributed by atoms with E-state index in [1.165, 1.54) is 24.3 Å². The second-order valence-corrected chi connectivity index (χ2v) is 7.27. The van der Waals surface area contributed by atoms with Crippen molar-refractivity contribution in [2.45, 2.75) is 5.41 Å². The number of carboxylic acid groups (broad SMARTS) is 1. The van der Waals surface area contributed by atoms with Crippen LogP contribution in [0.15, 0.2) is 60.0 Å². The van der Waals surface area contributed by atoms with Crippen molar-refractivity contribution in [1.29, 1.82) is 5.26 Å². The van der Waals surface area contributed by atoms with Crippen LogP contribution in [-0.4, -0.2) is 28.6 Å². The molecule has 0 saturated carbocycles. The second kappa shape index (κ2) is 6.68. The summed E-state index contributed by atoms with van der Waals surface area (Å²) in [7, 11) is 0. The van der Waals surface area contributed by atoms with Crippen LogP contribution in [0.3, 0.4) is 0 Å². The van der Waals surface area contributed by atoms with Crippen molar-refractivity contribution in [2.75, 3.05) is 11.4 Å². The van der Waals surface area contributed by atoms with Crippen LogP contribution in [0.25, 0.3) is 11.3 Å². The van der Waals surface area contributed by atoms with Crippen molar-refractivity contribution in [3.8, 4) is 23.2 Å². The van der Waals surface area contributed by atoms with E-state index in [9.17, 15) is 24.3 Å². The summed E-state index contributed by atoms with van der Waals surface area (Å²) in [5, 5.41) is 28.3. The first kappa shape index (κ1) is 19.3. The van der Waals surface area contributed by atoms with E-state index in [1.54, 1.807) is 24.3 Å². The Labute approximate surface area is 180 Å². The van der Waals surface area contributed by atoms with Gasteiger partial charge < -0.3 is 25.3 Å². The number of halogens is 1. The third-order valence-corrected chi connectivity index (χ3v) is 5.63. The fraction of sp³-hybridized carbons (Fsp3) is 0.0909. The van der Waals surface area contributed by atoms with E-state index in [2.05, 4.69) is 10.2 Å². The topological polar surface area (TPSA) is 148 Å². The highest BCUT2D eigenvalue weighted by molar-refractivity contribution is 6.16. The van der Waals surface area contributed by atoms with Crippen LogP contribution in [-0.2, 0) is 15.0 Å². The summed E-state index contributed by atoms with van der Waals surface area (Å²) in [5.41, 5.74) is 5.62. The molecule has 10 heteroatoms. The number of nitrogens with two attached hydrogens (primary N) is 1. The average molecular weight is 430 g/mol. The number of aromatic amines is 1. The van der Waals surface area contributed by atoms with E-state index in [1.807, 2.05) is 6.07 Å². The third-order valence-electron chi connectivity index (χ3n) is 5.63. The van der Waals surface area contributed by atoms with Crippen molar-refractivity contribution in [3.63, 3.8) is 0 Å². The normalized spacial score (nSPS) is 18.9. The molecule has 3 N–H and O–H groups in total. The number of nitriles is 1. The Hall–Kier alpha value is -4.65. The Bertz CT molecular complexity index is 1370. The van der Waals surface area contributed by atoms with Gasteiger partial charge in [0.15, 0.2) is 0 Å². The van der Waals surface area contributed by atoms with Gasteiger partial charge >= 0.3 is 0 Å². The Balaban J connectivity index is 1.87. The van der Waals surface area contributed by atoms with Gasteiger partial charge in [-0.1, -0.05) is 18.2 Å². The van der Waals surface area contributed by atoms with Gasteiger partial charge in [-0.3, -0.25) is 9.89 Å². The number of carboxylic acids is 1. The fourth-order valence-corrected chi connectivity index (χ4v) is 4.40. The highest BCUT2D eigenvalue weighted by atomic mass is 19.1. The predicted molar refractivity (Wildman–Crippen MR) is 106 cm³/mol. The molecule has 1 unspecified atom stereocenters. The smallest absolute Gasteiger partial charge is 0.248 e. The Morgan fingerprint density at radius 1 is 1.28 bits per heavy atom. The predicted octanol–water partition coefficient (Wildman–Crippen LogP) is 0.685. The second-order valence-electron chi connectivity index (χ2n) is 7.27. The summed E-state index contributed by atoms with van der Waals surface area (Å²) in [4.78, 5) is 26.4. The molecule has 0 fully saturated rings. The fourth-order valence-electron chi connectivity index (χ4n) is 4.40. The quantitative estimate of drug-likeness (QED) is 0.621. The first-order valence-electron chi connectivity index (χ1n) is 9.43. The van der Waals surface area contributed by atoms with Crippen LogP contribution >= 0.6 is 0 Å². The Morgan fingerprint density at radius 3 is 2.69 bits per heavy atom. The molecule has 3 heterocycles. The molecule has 2 aromatic carbocycles. The Kier molecular flexibility index (Phi) is 4.03. The maximum atomic E-state index is 13.9. The van der Waals surface area contributed by atoms with Crippen LogP contribution in [0.5, 0.6) is 5.88 Å². The van der Waals surface area contributed by atoms with Gasteiger partial charge in [0.2, 0.25) is 17.7 Å². The number of nitrogens with zero attached hydrogens (tertiary/aromatic N) is 3. The van der Waals surface area contributed by atoms with Crippen LogP contribution < -0.4 is 20.5 Å². The number of aliphatic carboxylic acids is 1. The minimum Gasteiger partial charge on any atom is -0.548 e. The van der Waals surface area contributed by atoms with Gasteiger partial charge in [-0.05, 0) is 30.3 Å². The van der Waals surface area contributed by atoms with Gasteiger partial charge in [-0.2, -0.15) is 5.26 Å². The summed E-state index contributed by atoms with van der Waals surface area (Å²) >= 11 is 0. The van der Waals surface area contributed by atoms with Crippen LogP contribution in [0.1, 0.15) is 11.1 Å². The van der Waals surface area contributed by atoms with Crippen molar-refractivity contribution in [1.82, 2.24) is 10.2 Å². The maximum Gasteiger partial charge on any atom is 0.248 e. The summed E-state index contributed by atoms with van der Waals surface area (Å²) in [6.07, 6.45) is 0. The molecule has 1 aromatic heterocycles. The monoisotopic (exact) mass is 430 g/mol. The van der Waals surface area contributed by atoms with E-state index in [-0.39, 0.29) is 22.9 Å². The molecule has 1 atom stereocenters. The highest BCUT2D eigenvalue weighted by Crippen LogP contribution is 2.56. The van der Waals surface area contributed by atoms with E-state index in [0.717, 1.165) is 4.90 Å². The lowest BCUT2D eigenvalue weighted by Gasteiger charge is -2.32. The number of rotatable bonds is 3. The number of para-hydroxylation sites is 1.